The molecule has 0 atom stereocenters. The molecule has 0 unspecified atom stereocenters. The van der Waals surface area contributed by atoms with Gasteiger partial charge in [-0.1, -0.05) is 146 Å². The third-order valence-electron chi connectivity index (χ3n) is 12.6. The summed E-state index contributed by atoms with van der Waals surface area (Å²) in [5.41, 5.74) is 23.9. The van der Waals surface area contributed by atoms with E-state index in [-0.39, 0.29) is 6.71 Å². The van der Waals surface area contributed by atoms with Gasteiger partial charge < -0.3 is 14.7 Å². The van der Waals surface area contributed by atoms with Crippen LogP contribution in [0.5, 0.6) is 0 Å². The first kappa shape index (κ1) is 37.4. The number of benzene rings is 9. The average Bonchev–Trinajstić information content (AvgIpc) is 3.30. The maximum Gasteiger partial charge on any atom is 0.252 e. The van der Waals surface area contributed by atoms with Crippen molar-refractivity contribution in [3.8, 4) is 22.3 Å². The molecule has 3 nitrogen and oxygen atoms in total. The lowest BCUT2D eigenvalue weighted by Crippen LogP contribution is -2.61. The number of rotatable bonds is 7. The van der Waals surface area contributed by atoms with Gasteiger partial charge >= 0.3 is 0 Å². The summed E-state index contributed by atoms with van der Waals surface area (Å²) < 4.78 is 0. The summed E-state index contributed by atoms with van der Waals surface area (Å²) in [6.07, 6.45) is 0. The Morgan fingerprint density at radius 2 is 0.774 bits per heavy atom. The maximum absolute atomic E-state index is 2.53. The van der Waals surface area contributed by atoms with Gasteiger partial charge in [-0.2, -0.15) is 0 Å². The van der Waals surface area contributed by atoms with Crippen LogP contribution < -0.4 is 31.1 Å². The molecule has 9 aromatic carbocycles. The molecule has 2 heterocycles. The van der Waals surface area contributed by atoms with Crippen LogP contribution in [-0.2, 0) is 0 Å². The number of fused-ring (bicyclic) bond motifs is 4. The number of anilines is 9. The van der Waals surface area contributed by atoms with E-state index in [2.05, 4.69) is 249 Å². The van der Waals surface area contributed by atoms with Gasteiger partial charge in [0, 0.05) is 45.3 Å². The average molecular weight is 796 g/mol. The molecule has 2 aliphatic heterocycles. The Bertz CT molecular complexity index is 2950. The molecular weight excluding hydrogens is 749 g/mol. The molecule has 11 rings (SSSR count). The lowest BCUT2D eigenvalue weighted by Gasteiger charge is -2.45. The van der Waals surface area contributed by atoms with Crippen molar-refractivity contribution >= 4 is 74.3 Å². The fraction of sp³-hybridized carbons (Fsp3) is 0.0690. The highest BCUT2D eigenvalue weighted by Gasteiger charge is 2.44. The summed E-state index contributed by atoms with van der Waals surface area (Å²) in [6, 6.07) is 76.4. The Labute approximate surface area is 365 Å². The number of aryl methyl sites for hydroxylation is 4. The first-order chi connectivity index (χ1) is 30.4. The zero-order chi connectivity index (χ0) is 41.9. The Morgan fingerprint density at radius 1 is 0.355 bits per heavy atom. The van der Waals surface area contributed by atoms with Gasteiger partial charge in [-0.05, 0) is 138 Å². The molecule has 0 amide bonds. The topological polar surface area (TPSA) is 9.72 Å². The zero-order valence-electron chi connectivity index (χ0n) is 35.5. The van der Waals surface area contributed by atoms with Gasteiger partial charge in [0.05, 0.1) is 17.1 Å². The molecule has 0 bridgehead atoms. The van der Waals surface area contributed by atoms with Crippen LogP contribution in [0.25, 0.3) is 22.3 Å². The zero-order valence-corrected chi connectivity index (χ0v) is 35.5. The second-order valence-electron chi connectivity index (χ2n) is 16.9. The second-order valence-corrected chi connectivity index (χ2v) is 16.9. The van der Waals surface area contributed by atoms with Crippen molar-refractivity contribution in [1.29, 1.82) is 0 Å². The fourth-order valence-electron chi connectivity index (χ4n) is 9.88. The fourth-order valence-corrected chi connectivity index (χ4v) is 9.88. The molecular formula is C58H46BN3. The SMILES string of the molecule is Cc1cccc(N2c3cc(C)ccc3B3c4ccc(C)cc4N(c4cccc(C)c4)c4cc(N(c5ccccc5-c5ccccc5)c5ccccc5-c5ccccc5)cc2c43)c1. The lowest BCUT2D eigenvalue weighted by molar-refractivity contribution is 1.21. The third kappa shape index (κ3) is 6.30. The monoisotopic (exact) mass is 795 g/mol. The van der Waals surface area contributed by atoms with E-state index in [1.807, 2.05) is 0 Å². The molecule has 0 spiro atoms. The number of hydrogen-bond acceptors (Lipinski definition) is 3. The van der Waals surface area contributed by atoms with E-state index in [0.29, 0.717) is 0 Å². The smallest absolute Gasteiger partial charge is 0.252 e. The van der Waals surface area contributed by atoms with E-state index in [1.54, 1.807) is 0 Å². The Hall–Kier alpha value is -7.56. The maximum atomic E-state index is 2.53. The predicted molar refractivity (Wildman–Crippen MR) is 265 cm³/mol. The summed E-state index contributed by atoms with van der Waals surface area (Å²) in [4.78, 5) is 7.58. The molecule has 0 saturated heterocycles. The van der Waals surface area contributed by atoms with E-state index >= 15 is 0 Å². The summed E-state index contributed by atoms with van der Waals surface area (Å²) in [5, 5.41) is 0. The van der Waals surface area contributed by atoms with Gasteiger partial charge in [-0.15, -0.1) is 0 Å². The van der Waals surface area contributed by atoms with Crippen molar-refractivity contribution in [3.05, 3.63) is 229 Å². The molecule has 0 N–H and O–H groups in total. The normalized spacial score (nSPS) is 12.4. The number of para-hydroxylation sites is 2. The van der Waals surface area contributed by atoms with Crippen molar-refractivity contribution in [2.24, 2.45) is 0 Å². The van der Waals surface area contributed by atoms with Gasteiger partial charge in [-0.3, -0.25) is 0 Å². The van der Waals surface area contributed by atoms with Crippen molar-refractivity contribution in [1.82, 2.24) is 0 Å². The van der Waals surface area contributed by atoms with E-state index in [1.165, 1.54) is 72.5 Å². The number of nitrogens with zero attached hydrogens (tertiary/aromatic N) is 3. The molecule has 0 fully saturated rings. The third-order valence-corrected chi connectivity index (χ3v) is 12.6. The Balaban J connectivity index is 1.29. The van der Waals surface area contributed by atoms with Crippen molar-refractivity contribution < 1.29 is 0 Å². The lowest BCUT2D eigenvalue weighted by atomic mass is 9.33. The van der Waals surface area contributed by atoms with Crippen LogP contribution in [0.2, 0.25) is 0 Å². The quantitative estimate of drug-likeness (QED) is 0.149. The summed E-state index contributed by atoms with van der Waals surface area (Å²) in [6.45, 7) is 8.84. The molecule has 0 saturated carbocycles. The highest BCUT2D eigenvalue weighted by atomic mass is 15.2. The summed E-state index contributed by atoms with van der Waals surface area (Å²) >= 11 is 0. The van der Waals surface area contributed by atoms with E-state index in [4.69, 9.17) is 0 Å². The van der Waals surface area contributed by atoms with Crippen LogP contribution >= 0.6 is 0 Å². The minimum atomic E-state index is 0.0176. The predicted octanol–water partition coefficient (Wildman–Crippen LogP) is 13.8. The van der Waals surface area contributed by atoms with Crippen LogP contribution in [-0.4, -0.2) is 6.71 Å². The second kappa shape index (κ2) is 15.2. The van der Waals surface area contributed by atoms with Gasteiger partial charge in [0.25, 0.3) is 6.71 Å². The van der Waals surface area contributed by atoms with Gasteiger partial charge in [0.1, 0.15) is 0 Å². The van der Waals surface area contributed by atoms with Crippen LogP contribution in [0.3, 0.4) is 0 Å². The minimum Gasteiger partial charge on any atom is -0.311 e. The highest BCUT2D eigenvalue weighted by molar-refractivity contribution is 7.00. The van der Waals surface area contributed by atoms with E-state index in [0.717, 1.165) is 39.6 Å². The van der Waals surface area contributed by atoms with Crippen LogP contribution in [0.15, 0.2) is 206 Å². The van der Waals surface area contributed by atoms with Gasteiger partial charge in [0.2, 0.25) is 0 Å². The molecule has 0 radical (unpaired) electrons. The van der Waals surface area contributed by atoms with E-state index in [9.17, 15) is 0 Å². The molecule has 296 valence electrons. The summed E-state index contributed by atoms with van der Waals surface area (Å²) in [5.74, 6) is 0. The minimum absolute atomic E-state index is 0.0176. The molecule has 0 aliphatic carbocycles. The molecule has 0 aromatic heterocycles. The largest absolute Gasteiger partial charge is 0.311 e. The van der Waals surface area contributed by atoms with Crippen molar-refractivity contribution in [2.45, 2.75) is 27.7 Å². The van der Waals surface area contributed by atoms with Gasteiger partial charge in [-0.25, -0.2) is 0 Å². The van der Waals surface area contributed by atoms with Crippen molar-refractivity contribution in [3.63, 3.8) is 0 Å². The number of hydrogen-bond donors (Lipinski definition) is 0. The molecule has 62 heavy (non-hydrogen) atoms. The van der Waals surface area contributed by atoms with Gasteiger partial charge in [0.15, 0.2) is 0 Å². The highest BCUT2D eigenvalue weighted by Crippen LogP contribution is 2.50. The summed E-state index contributed by atoms with van der Waals surface area (Å²) in [7, 11) is 0. The first-order valence-corrected chi connectivity index (χ1v) is 21.6. The first-order valence-electron chi connectivity index (χ1n) is 21.6. The molecule has 9 aromatic rings. The Kier molecular flexibility index (Phi) is 9.16. The van der Waals surface area contributed by atoms with E-state index < -0.39 is 0 Å². The standard InChI is InChI=1S/C58H46BN3/c1-39-17-15-23-45(33-39)60-54-35-41(3)29-31-50(54)59-51-32-30-42(4)36-55(51)61(46-24-16-18-40(2)34-46)57-38-47(37-56(60)58(57)59)62(52-27-13-11-25-48(52)43-19-7-5-8-20-43)53-28-14-12-26-49(53)44-21-9-6-10-22-44/h5-38H,1-4H3. The van der Waals surface area contributed by atoms with Crippen LogP contribution in [0.1, 0.15) is 22.3 Å². The Morgan fingerprint density at radius 3 is 1.23 bits per heavy atom. The molecule has 4 heteroatoms. The van der Waals surface area contributed by atoms with Crippen LogP contribution in [0, 0.1) is 27.7 Å². The van der Waals surface area contributed by atoms with Crippen molar-refractivity contribution in [2.75, 3.05) is 14.7 Å². The van der Waals surface area contributed by atoms with Crippen LogP contribution in [0.4, 0.5) is 51.2 Å². The molecule has 2 aliphatic rings.